The van der Waals surface area contributed by atoms with E-state index in [0.717, 1.165) is 48.6 Å². The van der Waals surface area contributed by atoms with E-state index >= 15 is 0 Å². The largest absolute Gasteiger partial charge is 0.476 e. The zero-order chi connectivity index (χ0) is 25.5. The molecule has 0 saturated heterocycles. The lowest BCUT2D eigenvalue weighted by Crippen LogP contribution is -2.43. The molecule has 0 aliphatic heterocycles. The molecule has 192 valence electrons. The minimum Gasteiger partial charge on any atom is -0.476 e. The maximum Gasteiger partial charge on any atom is 0.355 e. The average Bonchev–Trinajstić information content (AvgIpc) is 3.33. The molecule has 34 heavy (non-hydrogen) atoms. The Balaban J connectivity index is 1.93. The van der Waals surface area contributed by atoms with Crippen molar-refractivity contribution in [1.29, 1.82) is 0 Å². The van der Waals surface area contributed by atoms with Gasteiger partial charge in [-0.3, -0.25) is 0 Å². The fourth-order valence-electron chi connectivity index (χ4n) is 4.06. The van der Waals surface area contributed by atoms with Crippen LogP contribution in [0.15, 0.2) is 34.0 Å². The van der Waals surface area contributed by atoms with Crippen LogP contribution in [-0.4, -0.2) is 47.4 Å². The molecule has 1 aromatic heterocycles. The van der Waals surface area contributed by atoms with Crippen molar-refractivity contribution < 1.29 is 19.4 Å². The first-order valence-electron chi connectivity index (χ1n) is 12.3. The van der Waals surface area contributed by atoms with Crippen molar-refractivity contribution in [3.63, 3.8) is 0 Å². The molecule has 1 saturated carbocycles. The Morgan fingerprint density at radius 3 is 2.71 bits per heavy atom. The molecule has 0 amide bonds. The Labute approximate surface area is 215 Å². The van der Waals surface area contributed by atoms with Gasteiger partial charge in [-0.1, -0.05) is 50.3 Å². The summed E-state index contributed by atoms with van der Waals surface area (Å²) in [5, 5.41) is 21.4. The third kappa shape index (κ3) is 8.93. The summed E-state index contributed by atoms with van der Waals surface area (Å²) in [5.41, 5.74) is 1.30. The molecule has 1 aliphatic rings. The van der Waals surface area contributed by atoms with E-state index < -0.39 is 14.3 Å². The van der Waals surface area contributed by atoms with Gasteiger partial charge in [0.1, 0.15) is 0 Å². The molecule has 0 radical (unpaired) electrons. The highest BCUT2D eigenvalue weighted by molar-refractivity contribution is 8.01. The quantitative estimate of drug-likeness (QED) is 0.159. The van der Waals surface area contributed by atoms with Crippen LogP contribution < -0.4 is 0 Å². The van der Waals surface area contributed by atoms with Crippen LogP contribution in [-0.2, 0) is 4.43 Å². The predicted octanol–water partition coefficient (Wildman–Crippen LogP) is 7.40. The number of allylic oxidation sites excluding steroid dienone is 2. The molecule has 2 rings (SSSR count). The van der Waals surface area contributed by atoms with Gasteiger partial charge in [0.2, 0.25) is 0 Å². The second-order valence-corrected chi connectivity index (χ2v) is 18.0. The first-order valence-corrected chi connectivity index (χ1v) is 17.1. The molecule has 4 atom stereocenters. The van der Waals surface area contributed by atoms with Crippen molar-refractivity contribution >= 4 is 37.4 Å². The SMILES string of the molecule is C=C(C)CCC(CC=C[C@H]1CC[C@H](O)[C@@H]1CCSc1nc(C(=O)O)cs1)O[Si](C)(C)C(C)(C)C. The first-order chi connectivity index (χ1) is 15.8. The van der Waals surface area contributed by atoms with Gasteiger partial charge in [0.15, 0.2) is 18.4 Å². The average molecular weight is 526 g/mol. The van der Waals surface area contributed by atoms with E-state index in [1.165, 1.54) is 16.9 Å². The van der Waals surface area contributed by atoms with E-state index in [-0.39, 0.29) is 28.9 Å². The van der Waals surface area contributed by atoms with Gasteiger partial charge in [-0.25, -0.2) is 9.78 Å². The van der Waals surface area contributed by atoms with Crippen molar-refractivity contribution in [3.8, 4) is 0 Å². The molecule has 1 unspecified atom stereocenters. The number of aliphatic hydroxyl groups is 1. The van der Waals surface area contributed by atoms with Crippen LogP contribution in [0, 0.1) is 11.8 Å². The van der Waals surface area contributed by atoms with Crippen LogP contribution in [0.5, 0.6) is 0 Å². The lowest BCUT2D eigenvalue weighted by molar-refractivity contribution is 0.0690. The Bertz CT molecular complexity index is 846. The Kier molecular flexibility index (Phi) is 11.1. The van der Waals surface area contributed by atoms with Crippen LogP contribution in [0.3, 0.4) is 0 Å². The summed E-state index contributed by atoms with van der Waals surface area (Å²) in [5.74, 6) is 0.446. The van der Waals surface area contributed by atoms with Gasteiger partial charge >= 0.3 is 5.97 Å². The molecule has 1 aliphatic carbocycles. The minimum absolute atomic E-state index is 0.107. The van der Waals surface area contributed by atoms with E-state index in [2.05, 4.69) is 64.5 Å². The number of hydrogen-bond acceptors (Lipinski definition) is 6. The maximum atomic E-state index is 11.0. The highest BCUT2D eigenvalue weighted by atomic mass is 32.2. The third-order valence-corrected chi connectivity index (χ3v) is 13.8. The molecule has 1 aromatic rings. The van der Waals surface area contributed by atoms with Crippen molar-refractivity contribution in [2.45, 2.75) is 101 Å². The van der Waals surface area contributed by atoms with Gasteiger partial charge in [0.05, 0.1) is 6.10 Å². The molecule has 0 spiro atoms. The van der Waals surface area contributed by atoms with Crippen LogP contribution in [0.25, 0.3) is 0 Å². The van der Waals surface area contributed by atoms with E-state index in [4.69, 9.17) is 9.53 Å². The standard InChI is InChI=1S/C26H43NO4S2Si/c1-18(2)11-13-20(31-34(6,7)26(3,4)5)10-8-9-19-12-14-23(28)21(19)15-16-32-25-27-22(17-33-25)24(29)30/h8-9,17,19-21,23,28H,1,10-16H2,2-7H3,(H,29,30)/t19-,20?,21+,23-/m0/s1. The van der Waals surface area contributed by atoms with E-state index in [1.807, 2.05) is 0 Å². The number of hydrogen-bond donors (Lipinski definition) is 2. The van der Waals surface area contributed by atoms with E-state index in [1.54, 1.807) is 17.1 Å². The lowest BCUT2D eigenvalue weighted by Gasteiger charge is -2.39. The highest BCUT2D eigenvalue weighted by Gasteiger charge is 2.39. The molecule has 1 heterocycles. The second kappa shape index (κ2) is 12.9. The Morgan fingerprint density at radius 1 is 1.41 bits per heavy atom. The number of carbonyl (C=O) groups is 1. The summed E-state index contributed by atoms with van der Waals surface area (Å²) in [7, 11) is -1.85. The molecular weight excluding hydrogens is 483 g/mol. The second-order valence-electron chi connectivity index (χ2n) is 11.1. The highest BCUT2D eigenvalue weighted by Crippen LogP contribution is 2.39. The van der Waals surface area contributed by atoms with E-state index in [0.29, 0.717) is 5.92 Å². The van der Waals surface area contributed by atoms with Gasteiger partial charge < -0.3 is 14.6 Å². The molecular formula is C26H43NO4S2Si. The number of nitrogens with zero attached hydrogens (tertiary/aromatic N) is 1. The summed E-state index contributed by atoms with van der Waals surface area (Å²) in [4.78, 5) is 15.2. The first kappa shape index (κ1) is 29.3. The zero-order valence-corrected chi connectivity index (χ0v) is 24.3. The van der Waals surface area contributed by atoms with Crippen LogP contribution in [0.2, 0.25) is 18.1 Å². The summed E-state index contributed by atoms with van der Waals surface area (Å²) in [6.45, 7) is 17.6. The number of aromatic nitrogens is 1. The molecule has 0 bridgehead atoms. The number of aromatic carboxylic acids is 1. The number of carboxylic acid groups (broad SMARTS) is 1. The smallest absolute Gasteiger partial charge is 0.355 e. The summed E-state index contributed by atoms with van der Waals surface area (Å²) in [6.07, 6.45) is 10.1. The van der Waals surface area contributed by atoms with Gasteiger partial charge in [-0.05, 0) is 75.4 Å². The van der Waals surface area contributed by atoms with Gasteiger partial charge in [-0.15, -0.1) is 17.9 Å². The fraction of sp³-hybridized carbons (Fsp3) is 0.692. The van der Waals surface area contributed by atoms with Crippen molar-refractivity contribution in [1.82, 2.24) is 4.98 Å². The summed E-state index contributed by atoms with van der Waals surface area (Å²) in [6, 6.07) is 0. The zero-order valence-electron chi connectivity index (χ0n) is 21.7. The summed E-state index contributed by atoms with van der Waals surface area (Å²) < 4.78 is 7.52. The molecule has 2 N–H and O–H groups in total. The monoisotopic (exact) mass is 525 g/mol. The maximum absolute atomic E-state index is 11.0. The third-order valence-electron chi connectivity index (χ3n) is 7.16. The van der Waals surface area contributed by atoms with Crippen molar-refractivity contribution in [3.05, 3.63) is 35.4 Å². The summed E-state index contributed by atoms with van der Waals surface area (Å²) >= 11 is 2.95. The topological polar surface area (TPSA) is 79.7 Å². The number of carboxylic acids is 1. The number of rotatable bonds is 13. The van der Waals surface area contributed by atoms with E-state index in [9.17, 15) is 9.90 Å². The van der Waals surface area contributed by atoms with Gasteiger partial charge in [0.25, 0.3) is 0 Å². The fourth-order valence-corrected chi connectivity index (χ4v) is 7.37. The van der Waals surface area contributed by atoms with Crippen molar-refractivity contribution in [2.24, 2.45) is 11.8 Å². The Hall–Kier alpha value is -0.933. The van der Waals surface area contributed by atoms with Gasteiger partial charge in [-0.2, -0.15) is 0 Å². The van der Waals surface area contributed by atoms with Crippen LogP contribution in [0.1, 0.15) is 76.7 Å². The lowest BCUT2D eigenvalue weighted by atomic mass is 9.91. The number of aliphatic hydroxyl groups excluding tert-OH is 1. The predicted molar refractivity (Wildman–Crippen MR) is 147 cm³/mol. The van der Waals surface area contributed by atoms with Crippen LogP contribution >= 0.6 is 23.1 Å². The molecule has 5 nitrogen and oxygen atoms in total. The Morgan fingerprint density at radius 2 is 2.12 bits per heavy atom. The molecule has 1 fully saturated rings. The van der Waals surface area contributed by atoms with Crippen LogP contribution in [0.4, 0.5) is 0 Å². The normalized spacial score (nSPS) is 22.4. The minimum atomic E-state index is -1.85. The van der Waals surface area contributed by atoms with Crippen molar-refractivity contribution in [2.75, 3.05) is 5.75 Å². The number of thiazole rings is 1. The molecule has 8 heteroatoms. The van der Waals surface area contributed by atoms with Gasteiger partial charge in [0, 0.05) is 17.2 Å². The number of thioether (sulfide) groups is 1. The molecule has 0 aromatic carbocycles.